The minimum atomic E-state index is -1.04. The van der Waals surface area contributed by atoms with Crippen molar-refractivity contribution in [3.8, 4) is 12.3 Å². The number of ether oxygens (including phenoxy) is 1. The van der Waals surface area contributed by atoms with Gasteiger partial charge in [0.15, 0.2) is 0 Å². The summed E-state index contributed by atoms with van der Waals surface area (Å²) in [5.74, 6) is 1.26. The molecule has 0 aromatic carbocycles. The Morgan fingerprint density at radius 3 is 2.88 bits per heavy atom. The normalized spacial score (nSPS) is 13.1. The maximum atomic E-state index is 10.5. The molecule has 0 aliphatic carbocycles. The van der Waals surface area contributed by atoms with E-state index in [0.717, 1.165) is 5.57 Å². The third kappa shape index (κ3) is 6.46. The molecule has 3 N–H and O–H groups in total. The van der Waals surface area contributed by atoms with Crippen LogP contribution in [0, 0.1) is 12.3 Å². The monoisotopic (exact) mass is 221 g/mol. The fraction of sp³-hybridized carbons (Fsp3) is 0.250. The van der Waals surface area contributed by atoms with Gasteiger partial charge in [0.05, 0.1) is 6.26 Å². The lowest BCUT2D eigenvalue weighted by Crippen LogP contribution is -2.30. The number of carboxylic acid groups (broad SMARTS) is 1. The first-order chi connectivity index (χ1) is 7.61. The molecule has 0 radical (unpaired) electrons. The van der Waals surface area contributed by atoms with E-state index >= 15 is 0 Å². The van der Waals surface area contributed by atoms with Crippen molar-refractivity contribution >= 4 is 5.97 Å². The molecule has 4 heteroatoms. The van der Waals surface area contributed by atoms with Crippen molar-refractivity contribution in [2.75, 3.05) is 6.61 Å². The summed E-state index contributed by atoms with van der Waals surface area (Å²) in [7, 11) is 0. The van der Waals surface area contributed by atoms with Crippen LogP contribution in [0.1, 0.15) is 6.42 Å². The third-order valence-corrected chi connectivity index (χ3v) is 1.69. The number of carboxylic acids is 1. The molecule has 86 valence electrons. The number of hydrogen-bond donors (Lipinski definition) is 2. The summed E-state index contributed by atoms with van der Waals surface area (Å²) in [6.45, 7) is 3.76. The van der Waals surface area contributed by atoms with Crippen LogP contribution in [-0.4, -0.2) is 23.7 Å². The number of allylic oxidation sites excluding steroid dienone is 3. The minimum absolute atomic E-state index is 0.197. The van der Waals surface area contributed by atoms with E-state index in [1.807, 2.05) is 0 Å². The van der Waals surface area contributed by atoms with Gasteiger partial charge in [-0.25, -0.2) is 0 Å². The molecule has 1 unspecified atom stereocenters. The number of carbonyl (C=O) groups is 1. The number of aliphatic carboxylic acids is 1. The highest BCUT2D eigenvalue weighted by Crippen LogP contribution is 2.05. The van der Waals surface area contributed by atoms with Crippen molar-refractivity contribution in [2.45, 2.75) is 12.5 Å². The average Bonchev–Trinajstić information content (AvgIpc) is 2.26. The van der Waals surface area contributed by atoms with E-state index in [4.69, 9.17) is 22.0 Å². The predicted molar refractivity (Wildman–Crippen MR) is 62.4 cm³/mol. The third-order valence-electron chi connectivity index (χ3n) is 1.69. The van der Waals surface area contributed by atoms with Gasteiger partial charge in [-0.05, 0) is 18.1 Å². The van der Waals surface area contributed by atoms with Crippen molar-refractivity contribution < 1.29 is 14.6 Å². The van der Waals surface area contributed by atoms with Crippen LogP contribution in [-0.2, 0) is 9.53 Å². The molecule has 0 spiro atoms. The molecule has 0 saturated heterocycles. The van der Waals surface area contributed by atoms with Gasteiger partial charge in [0.1, 0.15) is 12.6 Å². The van der Waals surface area contributed by atoms with E-state index in [9.17, 15) is 4.79 Å². The van der Waals surface area contributed by atoms with Crippen LogP contribution in [0.2, 0.25) is 0 Å². The largest absolute Gasteiger partial charge is 0.489 e. The topological polar surface area (TPSA) is 72.5 Å². The van der Waals surface area contributed by atoms with Gasteiger partial charge in [-0.3, -0.25) is 4.79 Å². The van der Waals surface area contributed by atoms with Crippen LogP contribution in [0.4, 0.5) is 0 Å². The fourth-order valence-electron chi connectivity index (χ4n) is 0.875. The second-order valence-electron chi connectivity index (χ2n) is 2.94. The second-order valence-corrected chi connectivity index (χ2v) is 2.94. The van der Waals surface area contributed by atoms with Crippen LogP contribution < -0.4 is 5.73 Å². The molecule has 0 rings (SSSR count). The highest BCUT2D eigenvalue weighted by atomic mass is 16.5. The van der Waals surface area contributed by atoms with Gasteiger partial charge in [0.2, 0.25) is 0 Å². The zero-order valence-corrected chi connectivity index (χ0v) is 8.93. The Balaban J connectivity index is 4.22. The molecule has 0 aromatic rings. The van der Waals surface area contributed by atoms with Crippen molar-refractivity contribution in [3.63, 3.8) is 0 Å². The quantitative estimate of drug-likeness (QED) is 0.292. The van der Waals surface area contributed by atoms with Crippen molar-refractivity contribution in [2.24, 2.45) is 5.73 Å². The highest BCUT2D eigenvalue weighted by molar-refractivity contribution is 5.73. The maximum absolute atomic E-state index is 10.5. The molecule has 4 nitrogen and oxygen atoms in total. The summed E-state index contributed by atoms with van der Waals surface area (Å²) in [5.41, 5.74) is 6.09. The Labute approximate surface area is 95.1 Å². The molecule has 16 heavy (non-hydrogen) atoms. The summed E-state index contributed by atoms with van der Waals surface area (Å²) in [4.78, 5) is 10.5. The van der Waals surface area contributed by atoms with Crippen molar-refractivity contribution in [1.29, 1.82) is 0 Å². The van der Waals surface area contributed by atoms with Crippen LogP contribution >= 0.6 is 0 Å². The van der Waals surface area contributed by atoms with Crippen LogP contribution in [0.25, 0.3) is 0 Å². The first kappa shape index (κ1) is 14.0. The molecular weight excluding hydrogens is 206 g/mol. The summed E-state index contributed by atoms with van der Waals surface area (Å²) in [6, 6.07) is -0.927. The lowest BCUT2D eigenvalue weighted by atomic mass is 10.1. The summed E-state index contributed by atoms with van der Waals surface area (Å²) in [6.07, 6.45) is 11.5. The molecule has 0 aliphatic heterocycles. The lowest BCUT2D eigenvalue weighted by molar-refractivity contribution is -0.138. The molecule has 0 bridgehead atoms. The van der Waals surface area contributed by atoms with Gasteiger partial charge >= 0.3 is 5.97 Å². The molecule has 1 atom stereocenters. The number of hydrogen-bond acceptors (Lipinski definition) is 3. The fourth-order valence-corrected chi connectivity index (χ4v) is 0.875. The number of nitrogens with two attached hydrogens (primary N) is 1. The van der Waals surface area contributed by atoms with Crippen LogP contribution in [0.15, 0.2) is 36.6 Å². The SMILES string of the molecule is C#CCO/C=C/C=C(\C=C)CC(N)C(=O)O. The van der Waals surface area contributed by atoms with Crippen LogP contribution in [0.3, 0.4) is 0 Å². The molecule has 0 heterocycles. The van der Waals surface area contributed by atoms with Crippen molar-refractivity contribution in [3.05, 3.63) is 36.6 Å². The molecule has 0 fully saturated rings. The Kier molecular flexibility index (Phi) is 7.29. The molecular formula is C12H15NO3. The first-order valence-electron chi connectivity index (χ1n) is 4.63. The summed E-state index contributed by atoms with van der Waals surface area (Å²) >= 11 is 0. The highest BCUT2D eigenvalue weighted by Gasteiger charge is 2.11. The number of terminal acetylenes is 1. The van der Waals surface area contributed by atoms with Gasteiger partial charge in [0.25, 0.3) is 0 Å². The van der Waals surface area contributed by atoms with E-state index < -0.39 is 12.0 Å². The van der Waals surface area contributed by atoms with E-state index in [-0.39, 0.29) is 13.0 Å². The van der Waals surface area contributed by atoms with Crippen LogP contribution in [0.5, 0.6) is 0 Å². The van der Waals surface area contributed by atoms with Gasteiger partial charge in [-0.15, -0.1) is 6.42 Å². The van der Waals surface area contributed by atoms with E-state index in [1.165, 1.54) is 6.26 Å². The zero-order valence-electron chi connectivity index (χ0n) is 8.93. The Morgan fingerprint density at radius 1 is 1.69 bits per heavy atom. The lowest BCUT2D eigenvalue weighted by Gasteiger charge is -2.05. The van der Waals surface area contributed by atoms with Crippen molar-refractivity contribution in [1.82, 2.24) is 0 Å². The van der Waals surface area contributed by atoms with E-state index in [0.29, 0.717) is 0 Å². The Hall–Kier alpha value is -1.99. The average molecular weight is 221 g/mol. The van der Waals surface area contributed by atoms with Gasteiger partial charge in [0, 0.05) is 0 Å². The maximum Gasteiger partial charge on any atom is 0.320 e. The van der Waals surface area contributed by atoms with Gasteiger partial charge in [-0.1, -0.05) is 24.7 Å². The zero-order chi connectivity index (χ0) is 12.4. The minimum Gasteiger partial charge on any atom is -0.489 e. The standard InChI is InChI=1S/C12H15NO3/c1-3-7-16-8-5-6-10(4-2)9-11(13)12(14)15/h1,4-6,8,11H,2,7,9,13H2,(H,14,15)/b8-5+,10-6+. The molecule has 0 amide bonds. The van der Waals surface area contributed by atoms with Gasteiger partial charge < -0.3 is 15.6 Å². The Morgan fingerprint density at radius 2 is 2.38 bits per heavy atom. The van der Waals surface area contributed by atoms with E-state index in [1.54, 1.807) is 18.2 Å². The molecule has 0 aromatic heterocycles. The smallest absolute Gasteiger partial charge is 0.320 e. The molecule has 0 aliphatic rings. The van der Waals surface area contributed by atoms with E-state index in [2.05, 4.69) is 12.5 Å². The number of rotatable bonds is 7. The summed E-state index contributed by atoms with van der Waals surface area (Å²) < 4.78 is 4.89. The Bertz CT molecular complexity index is 337. The van der Waals surface area contributed by atoms with Gasteiger partial charge in [-0.2, -0.15) is 0 Å². The summed E-state index contributed by atoms with van der Waals surface area (Å²) in [5, 5.41) is 8.62. The first-order valence-corrected chi connectivity index (χ1v) is 4.63. The predicted octanol–water partition coefficient (Wildman–Crippen LogP) is 1.06. The second kappa shape index (κ2) is 8.33. The molecule has 0 saturated carbocycles.